The van der Waals surface area contributed by atoms with Crippen molar-refractivity contribution in [1.29, 1.82) is 0 Å². The maximum atomic E-state index is 12.2. The maximum Gasteiger partial charge on any atom is 0.254 e. The van der Waals surface area contributed by atoms with E-state index < -0.39 is 0 Å². The number of pyridine rings is 1. The number of piperidine rings is 1. The number of carbonyl (C=O) groups excluding carboxylic acids is 1. The lowest BCUT2D eigenvalue weighted by Crippen LogP contribution is -2.39. The van der Waals surface area contributed by atoms with Crippen LogP contribution in [0, 0.1) is 11.8 Å². The molecule has 4 heteroatoms. The minimum absolute atomic E-state index is 0.0247. The maximum absolute atomic E-state index is 12.2. The molecular formula is C14H20N2O2. The number of aromatic amines is 1. The average Bonchev–Trinajstić information content (AvgIpc) is 2.38. The monoisotopic (exact) mass is 248 g/mol. The van der Waals surface area contributed by atoms with Gasteiger partial charge in [0.25, 0.3) is 5.91 Å². The first-order chi connectivity index (χ1) is 8.58. The van der Waals surface area contributed by atoms with Gasteiger partial charge in [0.1, 0.15) is 0 Å². The first-order valence-corrected chi connectivity index (χ1v) is 6.56. The predicted octanol–water partition coefficient (Wildman–Crippen LogP) is 1.88. The second-order valence-corrected chi connectivity index (χ2v) is 5.32. The number of H-pyrrole nitrogens is 1. The molecule has 0 radical (unpaired) electrons. The zero-order valence-electron chi connectivity index (χ0n) is 11.0. The summed E-state index contributed by atoms with van der Waals surface area (Å²) < 4.78 is 0. The van der Waals surface area contributed by atoms with Gasteiger partial charge in [-0.25, -0.2) is 0 Å². The molecule has 2 rings (SSSR count). The van der Waals surface area contributed by atoms with Gasteiger partial charge in [0.2, 0.25) is 5.56 Å². The van der Waals surface area contributed by atoms with E-state index in [1.165, 1.54) is 12.3 Å². The molecule has 2 heterocycles. The van der Waals surface area contributed by atoms with Gasteiger partial charge in [-0.15, -0.1) is 0 Å². The fraction of sp³-hybridized carbons (Fsp3) is 0.571. The molecule has 4 nitrogen and oxygen atoms in total. The van der Waals surface area contributed by atoms with Gasteiger partial charge >= 0.3 is 0 Å². The molecule has 0 atom stereocenters. The van der Waals surface area contributed by atoms with E-state index in [4.69, 9.17) is 0 Å². The molecule has 1 saturated heterocycles. The van der Waals surface area contributed by atoms with Crippen LogP contribution in [0.2, 0.25) is 0 Å². The largest absolute Gasteiger partial charge is 0.339 e. The van der Waals surface area contributed by atoms with E-state index in [1.807, 2.05) is 4.90 Å². The van der Waals surface area contributed by atoms with Gasteiger partial charge in [-0.1, -0.05) is 13.8 Å². The number of nitrogens with zero attached hydrogens (tertiary/aromatic N) is 1. The number of rotatable bonds is 2. The normalized spacial score (nSPS) is 17.2. The molecule has 1 aromatic rings. The summed E-state index contributed by atoms with van der Waals surface area (Å²) in [6.45, 7) is 6.07. The van der Waals surface area contributed by atoms with Crippen LogP contribution < -0.4 is 5.56 Å². The minimum atomic E-state index is -0.224. The van der Waals surface area contributed by atoms with Crippen LogP contribution in [0.25, 0.3) is 0 Å². The molecule has 1 fully saturated rings. The number of hydrogen-bond donors (Lipinski definition) is 1. The Balaban J connectivity index is 2.02. The van der Waals surface area contributed by atoms with E-state index in [2.05, 4.69) is 18.8 Å². The summed E-state index contributed by atoms with van der Waals surface area (Å²) in [7, 11) is 0. The highest BCUT2D eigenvalue weighted by molar-refractivity contribution is 5.94. The van der Waals surface area contributed by atoms with E-state index in [9.17, 15) is 9.59 Å². The Bertz CT molecular complexity index is 471. The molecule has 1 amide bonds. The Morgan fingerprint density at radius 1 is 1.39 bits per heavy atom. The van der Waals surface area contributed by atoms with Crippen molar-refractivity contribution < 1.29 is 4.79 Å². The number of likely N-dealkylation sites (tertiary alicyclic amines) is 1. The van der Waals surface area contributed by atoms with Crippen LogP contribution in [0.1, 0.15) is 37.0 Å². The number of carbonyl (C=O) groups is 1. The predicted molar refractivity (Wildman–Crippen MR) is 70.5 cm³/mol. The fourth-order valence-electron chi connectivity index (χ4n) is 2.53. The molecular weight excluding hydrogens is 228 g/mol. The van der Waals surface area contributed by atoms with Crippen LogP contribution in [0.3, 0.4) is 0 Å². The van der Waals surface area contributed by atoms with Gasteiger partial charge in [-0.2, -0.15) is 0 Å². The molecule has 1 aliphatic rings. The van der Waals surface area contributed by atoms with Gasteiger partial charge in [-0.05, 0) is 30.7 Å². The summed E-state index contributed by atoms with van der Waals surface area (Å²) in [4.78, 5) is 27.8. The molecule has 98 valence electrons. The van der Waals surface area contributed by atoms with Gasteiger partial charge in [-0.3, -0.25) is 9.59 Å². The molecule has 0 aromatic carbocycles. The zero-order chi connectivity index (χ0) is 13.1. The second kappa shape index (κ2) is 5.38. The van der Waals surface area contributed by atoms with Crippen LogP contribution in [-0.2, 0) is 0 Å². The smallest absolute Gasteiger partial charge is 0.254 e. The van der Waals surface area contributed by atoms with E-state index in [1.54, 1.807) is 6.07 Å². The van der Waals surface area contributed by atoms with Gasteiger partial charge in [0.15, 0.2) is 0 Å². The molecule has 0 aliphatic carbocycles. The van der Waals surface area contributed by atoms with E-state index in [0.29, 0.717) is 17.4 Å². The van der Waals surface area contributed by atoms with Crippen LogP contribution in [0.15, 0.2) is 23.1 Å². The van der Waals surface area contributed by atoms with Crippen LogP contribution >= 0.6 is 0 Å². The molecule has 1 aliphatic heterocycles. The van der Waals surface area contributed by atoms with Gasteiger partial charge < -0.3 is 9.88 Å². The van der Waals surface area contributed by atoms with Crippen molar-refractivity contribution in [2.24, 2.45) is 11.8 Å². The number of aromatic nitrogens is 1. The lowest BCUT2D eigenvalue weighted by atomic mass is 9.86. The van der Waals surface area contributed by atoms with Crippen molar-refractivity contribution in [1.82, 2.24) is 9.88 Å². The molecule has 0 bridgehead atoms. The minimum Gasteiger partial charge on any atom is -0.339 e. The zero-order valence-corrected chi connectivity index (χ0v) is 11.0. The van der Waals surface area contributed by atoms with Gasteiger partial charge in [0, 0.05) is 30.9 Å². The second-order valence-electron chi connectivity index (χ2n) is 5.32. The summed E-state index contributed by atoms with van der Waals surface area (Å²) in [5.41, 5.74) is 0.264. The molecule has 1 aromatic heterocycles. The van der Waals surface area contributed by atoms with Crippen LogP contribution in [0.5, 0.6) is 0 Å². The molecule has 0 unspecified atom stereocenters. The molecule has 1 N–H and O–H groups in total. The van der Waals surface area contributed by atoms with Crippen molar-refractivity contribution in [3.8, 4) is 0 Å². The third-order valence-corrected chi connectivity index (χ3v) is 3.79. The summed E-state index contributed by atoms with van der Waals surface area (Å²) in [6, 6.07) is 3.04. The van der Waals surface area contributed by atoms with Crippen molar-refractivity contribution in [3.05, 3.63) is 34.2 Å². The summed E-state index contributed by atoms with van der Waals surface area (Å²) in [6.07, 6.45) is 3.65. The SMILES string of the molecule is CC(C)C1CCN(C(=O)c2cc[nH]c(=O)c2)CC1. The summed E-state index contributed by atoms with van der Waals surface area (Å²) in [5.74, 6) is 1.37. The quantitative estimate of drug-likeness (QED) is 0.868. The third-order valence-electron chi connectivity index (χ3n) is 3.79. The number of nitrogens with one attached hydrogen (secondary N) is 1. The Labute approximate surface area is 107 Å². The molecule has 18 heavy (non-hydrogen) atoms. The highest BCUT2D eigenvalue weighted by Crippen LogP contribution is 2.25. The summed E-state index contributed by atoms with van der Waals surface area (Å²) >= 11 is 0. The van der Waals surface area contributed by atoms with Crippen LogP contribution in [0.4, 0.5) is 0 Å². The Kier molecular flexibility index (Phi) is 3.84. The van der Waals surface area contributed by atoms with Crippen molar-refractivity contribution >= 4 is 5.91 Å². The topological polar surface area (TPSA) is 53.2 Å². The van der Waals surface area contributed by atoms with E-state index in [-0.39, 0.29) is 11.5 Å². The summed E-state index contributed by atoms with van der Waals surface area (Å²) in [5, 5.41) is 0. The van der Waals surface area contributed by atoms with Crippen molar-refractivity contribution in [3.63, 3.8) is 0 Å². The average molecular weight is 248 g/mol. The van der Waals surface area contributed by atoms with E-state index >= 15 is 0 Å². The Hall–Kier alpha value is -1.58. The fourth-order valence-corrected chi connectivity index (χ4v) is 2.53. The molecule has 0 saturated carbocycles. The van der Waals surface area contributed by atoms with Gasteiger partial charge in [0.05, 0.1) is 0 Å². The lowest BCUT2D eigenvalue weighted by molar-refractivity contribution is 0.0667. The third kappa shape index (κ3) is 2.81. The number of hydrogen-bond acceptors (Lipinski definition) is 2. The first-order valence-electron chi connectivity index (χ1n) is 6.56. The molecule has 0 spiro atoms. The first kappa shape index (κ1) is 12.9. The van der Waals surface area contributed by atoms with Crippen LogP contribution in [-0.4, -0.2) is 28.9 Å². The highest BCUT2D eigenvalue weighted by atomic mass is 16.2. The van der Waals surface area contributed by atoms with E-state index in [0.717, 1.165) is 25.9 Å². The van der Waals surface area contributed by atoms with Crippen molar-refractivity contribution in [2.75, 3.05) is 13.1 Å². The number of amides is 1. The van der Waals surface area contributed by atoms with Crippen molar-refractivity contribution in [2.45, 2.75) is 26.7 Å². The Morgan fingerprint density at radius 3 is 2.61 bits per heavy atom. The lowest BCUT2D eigenvalue weighted by Gasteiger charge is -2.33. The standard InChI is InChI=1S/C14H20N2O2/c1-10(2)11-4-7-16(8-5-11)14(18)12-3-6-15-13(17)9-12/h3,6,9-11H,4-5,7-8H2,1-2H3,(H,15,17). The Morgan fingerprint density at radius 2 is 2.06 bits per heavy atom. The highest BCUT2D eigenvalue weighted by Gasteiger charge is 2.25.